The van der Waals surface area contributed by atoms with E-state index < -0.39 is 15.8 Å². The Kier molecular flexibility index (Phi) is 7.03. The number of nitrogens with one attached hydrogen (secondary N) is 2. The van der Waals surface area contributed by atoms with Gasteiger partial charge in [-0.2, -0.15) is 0 Å². The van der Waals surface area contributed by atoms with Gasteiger partial charge in [0.1, 0.15) is 5.82 Å². The van der Waals surface area contributed by atoms with Gasteiger partial charge in [0, 0.05) is 31.2 Å². The number of para-hydroxylation sites is 1. The fourth-order valence-electron chi connectivity index (χ4n) is 3.03. The molecule has 2 N–H and O–H groups in total. The Balaban J connectivity index is 0.00000280. The van der Waals surface area contributed by atoms with Gasteiger partial charge in [-0.1, -0.05) is 18.2 Å². The molecule has 0 spiro atoms. The molecule has 152 valence electrons. The normalized spacial score (nSPS) is 17.0. The van der Waals surface area contributed by atoms with E-state index in [9.17, 15) is 17.6 Å². The van der Waals surface area contributed by atoms with E-state index in [4.69, 9.17) is 0 Å². The zero-order valence-corrected chi connectivity index (χ0v) is 17.2. The highest BCUT2D eigenvalue weighted by Gasteiger charge is 2.25. The van der Waals surface area contributed by atoms with Crippen molar-refractivity contribution in [3.63, 3.8) is 0 Å². The topological polar surface area (TPSA) is 78.5 Å². The molecule has 1 fully saturated rings. The third kappa shape index (κ3) is 4.81. The quantitative estimate of drug-likeness (QED) is 0.786. The predicted octanol–water partition coefficient (Wildman–Crippen LogP) is 2.79. The molecular formula is C19H23ClFN3O3S. The number of carbonyl (C=O) groups excluding carboxylic acids is 1. The van der Waals surface area contributed by atoms with Crippen LogP contribution in [0.4, 0.5) is 10.1 Å². The van der Waals surface area contributed by atoms with Crippen molar-refractivity contribution in [1.82, 2.24) is 10.2 Å². The van der Waals surface area contributed by atoms with Crippen molar-refractivity contribution < 1.29 is 17.6 Å². The third-order valence-electron chi connectivity index (χ3n) is 4.52. The van der Waals surface area contributed by atoms with Crippen LogP contribution < -0.4 is 10.0 Å². The summed E-state index contributed by atoms with van der Waals surface area (Å²) in [5.41, 5.74) is 0.887. The van der Waals surface area contributed by atoms with Crippen LogP contribution in [0.15, 0.2) is 47.4 Å². The molecule has 0 radical (unpaired) electrons. The lowest BCUT2D eigenvalue weighted by Gasteiger charge is -2.32. The summed E-state index contributed by atoms with van der Waals surface area (Å²) in [5.74, 6) is -0.872. The number of hydrogen-bond acceptors (Lipinski definition) is 4. The molecule has 0 saturated carbocycles. The van der Waals surface area contributed by atoms with E-state index >= 15 is 0 Å². The van der Waals surface area contributed by atoms with Crippen molar-refractivity contribution in [1.29, 1.82) is 0 Å². The minimum Gasteiger partial charge on any atom is -0.336 e. The summed E-state index contributed by atoms with van der Waals surface area (Å²) in [5, 5.41) is 3.27. The fraction of sp³-hybridized carbons (Fsp3) is 0.316. The van der Waals surface area contributed by atoms with Crippen LogP contribution in [0.25, 0.3) is 0 Å². The lowest BCUT2D eigenvalue weighted by Crippen LogP contribution is -2.51. The van der Waals surface area contributed by atoms with E-state index in [0.717, 1.165) is 0 Å². The van der Waals surface area contributed by atoms with Gasteiger partial charge in [0.15, 0.2) is 0 Å². The first kappa shape index (κ1) is 22.1. The molecule has 1 heterocycles. The smallest absolute Gasteiger partial charge is 0.262 e. The highest BCUT2D eigenvalue weighted by molar-refractivity contribution is 7.92. The first-order valence-electron chi connectivity index (χ1n) is 8.68. The lowest BCUT2D eigenvalue weighted by atomic mass is 10.1. The molecular weight excluding hydrogens is 405 g/mol. The molecule has 1 aliphatic rings. The molecule has 2 aromatic carbocycles. The summed E-state index contributed by atoms with van der Waals surface area (Å²) < 4.78 is 41.3. The van der Waals surface area contributed by atoms with Crippen molar-refractivity contribution in [3.05, 3.63) is 59.4 Å². The van der Waals surface area contributed by atoms with E-state index in [1.54, 1.807) is 17.9 Å². The van der Waals surface area contributed by atoms with E-state index in [1.165, 1.54) is 36.4 Å². The van der Waals surface area contributed by atoms with Gasteiger partial charge < -0.3 is 10.2 Å². The standard InChI is InChI=1S/C19H22FN3O3S.ClH/c1-13-7-8-15(27(25,26)22-18-6-4-3-5-17(18)20)11-16(13)19(24)23-10-9-21-14(2)12-23;/h3-8,11,14,21-22H,9-10,12H2,1-2H3;1H. The zero-order valence-electron chi connectivity index (χ0n) is 15.6. The molecule has 0 bridgehead atoms. The van der Waals surface area contributed by atoms with Gasteiger partial charge in [-0.15, -0.1) is 12.4 Å². The van der Waals surface area contributed by atoms with Gasteiger partial charge in [0.25, 0.3) is 15.9 Å². The first-order chi connectivity index (χ1) is 12.8. The van der Waals surface area contributed by atoms with E-state index in [-0.39, 0.29) is 34.9 Å². The number of amides is 1. The number of aryl methyl sites for hydroxylation is 1. The summed E-state index contributed by atoms with van der Waals surface area (Å²) >= 11 is 0. The van der Waals surface area contributed by atoms with Gasteiger partial charge in [-0.05, 0) is 43.7 Å². The minimum absolute atomic E-state index is 0. The van der Waals surface area contributed by atoms with Gasteiger partial charge in [-0.25, -0.2) is 12.8 Å². The van der Waals surface area contributed by atoms with E-state index in [0.29, 0.717) is 30.8 Å². The average molecular weight is 428 g/mol. The summed E-state index contributed by atoms with van der Waals surface area (Å²) in [7, 11) is -4.02. The second-order valence-electron chi connectivity index (χ2n) is 6.67. The Bertz CT molecular complexity index is 969. The molecule has 1 saturated heterocycles. The van der Waals surface area contributed by atoms with Crippen LogP contribution in [0.5, 0.6) is 0 Å². The lowest BCUT2D eigenvalue weighted by molar-refractivity contribution is 0.0708. The van der Waals surface area contributed by atoms with E-state index in [2.05, 4.69) is 10.0 Å². The number of rotatable bonds is 4. The van der Waals surface area contributed by atoms with Crippen molar-refractivity contribution in [2.24, 2.45) is 0 Å². The maximum absolute atomic E-state index is 13.8. The van der Waals surface area contributed by atoms with Crippen LogP contribution in [0.1, 0.15) is 22.8 Å². The monoisotopic (exact) mass is 427 g/mol. The molecule has 3 rings (SSSR count). The average Bonchev–Trinajstić information content (AvgIpc) is 2.63. The van der Waals surface area contributed by atoms with Crippen molar-refractivity contribution in [2.45, 2.75) is 24.8 Å². The van der Waals surface area contributed by atoms with Crippen LogP contribution in [0, 0.1) is 12.7 Å². The summed E-state index contributed by atoms with van der Waals surface area (Å²) in [6.07, 6.45) is 0. The van der Waals surface area contributed by atoms with Crippen molar-refractivity contribution in [2.75, 3.05) is 24.4 Å². The molecule has 1 unspecified atom stereocenters. The Labute approximate surface area is 170 Å². The Hall–Kier alpha value is -2.16. The van der Waals surface area contributed by atoms with Crippen LogP contribution >= 0.6 is 12.4 Å². The molecule has 0 aliphatic carbocycles. The number of carbonyl (C=O) groups is 1. The fourth-order valence-corrected chi connectivity index (χ4v) is 4.13. The first-order valence-corrected chi connectivity index (χ1v) is 10.2. The number of piperazine rings is 1. The van der Waals surface area contributed by atoms with Gasteiger partial charge in [-0.3, -0.25) is 9.52 Å². The second-order valence-corrected chi connectivity index (χ2v) is 8.35. The molecule has 1 amide bonds. The van der Waals surface area contributed by atoms with Gasteiger partial charge in [0.05, 0.1) is 10.6 Å². The molecule has 9 heteroatoms. The molecule has 28 heavy (non-hydrogen) atoms. The Morgan fingerprint density at radius 1 is 1.25 bits per heavy atom. The highest BCUT2D eigenvalue weighted by atomic mass is 35.5. The van der Waals surface area contributed by atoms with Crippen LogP contribution in [0.3, 0.4) is 0 Å². The van der Waals surface area contributed by atoms with Crippen LogP contribution in [0.2, 0.25) is 0 Å². The highest BCUT2D eigenvalue weighted by Crippen LogP contribution is 2.22. The molecule has 6 nitrogen and oxygen atoms in total. The third-order valence-corrected chi connectivity index (χ3v) is 5.89. The molecule has 1 atom stereocenters. The van der Waals surface area contributed by atoms with Gasteiger partial charge >= 0.3 is 0 Å². The number of halogens is 2. The second kappa shape index (κ2) is 8.89. The number of nitrogens with zero attached hydrogens (tertiary/aromatic N) is 1. The number of benzene rings is 2. The van der Waals surface area contributed by atoms with Crippen LogP contribution in [-0.4, -0.2) is 44.9 Å². The van der Waals surface area contributed by atoms with Gasteiger partial charge in [0.2, 0.25) is 0 Å². The van der Waals surface area contributed by atoms with Crippen LogP contribution in [-0.2, 0) is 10.0 Å². The molecule has 0 aromatic heterocycles. The predicted molar refractivity (Wildman–Crippen MR) is 109 cm³/mol. The SMILES string of the molecule is Cc1ccc(S(=O)(=O)Nc2ccccc2F)cc1C(=O)N1CCNC(C)C1.Cl. The van der Waals surface area contributed by atoms with Crippen molar-refractivity contribution >= 4 is 34.0 Å². The Morgan fingerprint density at radius 3 is 2.64 bits per heavy atom. The zero-order chi connectivity index (χ0) is 19.6. The maximum atomic E-state index is 13.8. The number of anilines is 1. The summed E-state index contributed by atoms with van der Waals surface area (Å²) in [6, 6.07) is 10.1. The number of hydrogen-bond donors (Lipinski definition) is 2. The summed E-state index contributed by atoms with van der Waals surface area (Å²) in [6.45, 7) is 5.57. The summed E-state index contributed by atoms with van der Waals surface area (Å²) in [4.78, 5) is 14.5. The van der Waals surface area contributed by atoms with E-state index in [1.807, 2.05) is 6.92 Å². The number of sulfonamides is 1. The minimum atomic E-state index is -4.02. The Morgan fingerprint density at radius 2 is 1.96 bits per heavy atom. The largest absolute Gasteiger partial charge is 0.336 e. The van der Waals surface area contributed by atoms with Crippen molar-refractivity contribution in [3.8, 4) is 0 Å². The molecule has 2 aromatic rings. The maximum Gasteiger partial charge on any atom is 0.262 e. The molecule has 1 aliphatic heterocycles.